The minimum absolute atomic E-state index is 0.746. The summed E-state index contributed by atoms with van der Waals surface area (Å²) in [6, 6.07) is 1.89. The highest BCUT2D eigenvalue weighted by Crippen LogP contribution is 2.10. The third-order valence-electron chi connectivity index (χ3n) is 1.58. The molecule has 0 saturated carbocycles. The van der Waals surface area contributed by atoms with E-state index >= 15 is 0 Å². The third kappa shape index (κ3) is 2.22. The lowest BCUT2D eigenvalue weighted by atomic mass is 10.3. The molecule has 1 aromatic heterocycles. The zero-order valence-corrected chi connectivity index (χ0v) is 7.73. The van der Waals surface area contributed by atoms with Crippen LogP contribution in [0, 0.1) is 6.92 Å². The standard InChI is InChI=1S/C8H13ClN2/c1-3-4-5-11-8(9)6-7(2)10-11/h6H,3-5H2,1-2H3. The molecule has 0 aromatic carbocycles. The van der Waals surface area contributed by atoms with E-state index in [0.29, 0.717) is 0 Å². The summed E-state index contributed by atoms with van der Waals surface area (Å²) in [5, 5.41) is 4.98. The van der Waals surface area contributed by atoms with Gasteiger partial charge in [0.1, 0.15) is 5.15 Å². The lowest BCUT2D eigenvalue weighted by Crippen LogP contribution is -1.99. The number of unbranched alkanes of at least 4 members (excludes halogenated alkanes) is 1. The van der Waals surface area contributed by atoms with Gasteiger partial charge in [-0.2, -0.15) is 5.10 Å². The van der Waals surface area contributed by atoms with Gasteiger partial charge in [0.15, 0.2) is 0 Å². The van der Waals surface area contributed by atoms with Crippen LogP contribution in [0.1, 0.15) is 25.5 Å². The van der Waals surface area contributed by atoms with Gasteiger partial charge in [-0.3, -0.25) is 4.68 Å². The van der Waals surface area contributed by atoms with Crippen molar-refractivity contribution in [3.8, 4) is 0 Å². The normalized spacial score (nSPS) is 10.5. The van der Waals surface area contributed by atoms with Gasteiger partial charge in [0.2, 0.25) is 0 Å². The van der Waals surface area contributed by atoms with E-state index < -0.39 is 0 Å². The first-order chi connectivity index (χ1) is 5.24. The molecule has 0 unspecified atom stereocenters. The quantitative estimate of drug-likeness (QED) is 0.686. The first-order valence-corrected chi connectivity index (χ1v) is 4.31. The van der Waals surface area contributed by atoms with Crippen LogP contribution in [0.4, 0.5) is 0 Å². The van der Waals surface area contributed by atoms with Gasteiger partial charge in [-0.25, -0.2) is 0 Å². The molecule has 0 aliphatic carbocycles. The van der Waals surface area contributed by atoms with Gasteiger partial charge in [0.25, 0.3) is 0 Å². The second-order valence-corrected chi connectivity index (χ2v) is 3.07. The summed E-state index contributed by atoms with van der Waals surface area (Å²) < 4.78 is 1.85. The van der Waals surface area contributed by atoms with Crippen LogP contribution in [-0.4, -0.2) is 9.78 Å². The fourth-order valence-electron chi connectivity index (χ4n) is 0.979. The van der Waals surface area contributed by atoms with E-state index in [1.54, 1.807) is 0 Å². The molecular formula is C8H13ClN2. The van der Waals surface area contributed by atoms with E-state index in [2.05, 4.69) is 12.0 Å². The fourth-order valence-corrected chi connectivity index (χ4v) is 1.26. The molecule has 0 atom stereocenters. The highest BCUT2D eigenvalue weighted by atomic mass is 35.5. The van der Waals surface area contributed by atoms with E-state index in [0.717, 1.165) is 23.8 Å². The predicted octanol–water partition coefficient (Wildman–Crippen LogP) is 2.65. The Kier molecular flexibility index (Phi) is 2.94. The summed E-state index contributed by atoms with van der Waals surface area (Å²) in [5.41, 5.74) is 0.992. The van der Waals surface area contributed by atoms with E-state index in [4.69, 9.17) is 11.6 Å². The Morgan fingerprint density at radius 2 is 2.36 bits per heavy atom. The molecular weight excluding hydrogens is 160 g/mol. The Labute approximate surface area is 72.2 Å². The topological polar surface area (TPSA) is 17.8 Å². The molecule has 0 aliphatic heterocycles. The van der Waals surface area contributed by atoms with E-state index in [-0.39, 0.29) is 0 Å². The third-order valence-corrected chi connectivity index (χ3v) is 1.88. The van der Waals surface area contributed by atoms with Crippen LogP contribution in [0.15, 0.2) is 6.07 Å². The maximum atomic E-state index is 5.88. The van der Waals surface area contributed by atoms with Crippen molar-refractivity contribution in [3.05, 3.63) is 16.9 Å². The fraction of sp³-hybridized carbons (Fsp3) is 0.625. The SMILES string of the molecule is CCCCn1nc(C)cc1Cl. The molecule has 0 radical (unpaired) electrons. The van der Waals surface area contributed by atoms with Gasteiger partial charge < -0.3 is 0 Å². The van der Waals surface area contributed by atoms with Crippen molar-refractivity contribution in [1.82, 2.24) is 9.78 Å². The Bertz CT molecular complexity index is 230. The smallest absolute Gasteiger partial charge is 0.127 e. The molecule has 1 aromatic rings. The highest BCUT2D eigenvalue weighted by Gasteiger charge is 2.00. The number of halogens is 1. The van der Waals surface area contributed by atoms with Crippen LogP contribution >= 0.6 is 11.6 Å². The van der Waals surface area contributed by atoms with Crippen LogP contribution in [0.2, 0.25) is 5.15 Å². The molecule has 1 rings (SSSR count). The molecule has 0 N–H and O–H groups in total. The molecule has 1 heterocycles. The summed E-state index contributed by atoms with van der Waals surface area (Å²) in [6.45, 7) is 5.04. The van der Waals surface area contributed by atoms with Crippen molar-refractivity contribution >= 4 is 11.6 Å². The largest absolute Gasteiger partial charge is 0.254 e. The first kappa shape index (κ1) is 8.60. The van der Waals surface area contributed by atoms with Crippen LogP contribution in [0.5, 0.6) is 0 Å². The number of aryl methyl sites for hydroxylation is 2. The van der Waals surface area contributed by atoms with Crippen molar-refractivity contribution < 1.29 is 0 Å². The summed E-state index contributed by atoms with van der Waals surface area (Å²) in [4.78, 5) is 0. The zero-order chi connectivity index (χ0) is 8.27. The molecule has 2 nitrogen and oxygen atoms in total. The Balaban J connectivity index is 2.62. The molecule has 0 amide bonds. The van der Waals surface area contributed by atoms with Crippen molar-refractivity contribution in [3.63, 3.8) is 0 Å². The number of hydrogen-bond acceptors (Lipinski definition) is 1. The van der Waals surface area contributed by atoms with Gasteiger partial charge >= 0.3 is 0 Å². The average Bonchev–Trinajstić information content (AvgIpc) is 2.26. The van der Waals surface area contributed by atoms with Gasteiger partial charge in [-0.1, -0.05) is 24.9 Å². The Morgan fingerprint density at radius 3 is 2.82 bits per heavy atom. The second-order valence-electron chi connectivity index (χ2n) is 2.69. The summed E-state index contributed by atoms with van der Waals surface area (Å²) in [6.07, 6.45) is 2.32. The lowest BCUT2D eigenvalue weighted by molar-refractivity contribution is 0.569. The number of hydrogen-bond donors (Lipinski definition) is 0. The molecule has 11 heavy (non-hydrogen) atoms. The van der Waals surface area contributed by atoms with Crippen molar-refractivity contribution in [2.24, 2.45) is 0 Å². The monoisotopic (exact) mass is 172 g/mol. The van der Waals surface area contributed by atoms with Crippen molar-refractivity contribution in [2.45, 2.75) is 33.2 Å². The number of rotatable bonds is 3. The van der Waals surface area contributed by atoms with E-state index in [1.807, 2.05) is 17.7 Å². The maximum Gasteiger partial charge on any atom is 0.127 e. The van der Waals surface area contributed by atoms with Gasteiger partial charge in [0.05, 0.1) is 5.69 Å². The van der Waals surface area contributed by atoms with Crippen molar-refractivity contribution in [2.75, 3.05) is 0 Å². The molecule has 0 fully saturated rings. The molecule has 0 bridgehead atoms. The summed E-state index contributed by atoms with van der Waals surface area (Å²) >= 11 is 5.88. The lowest BCUT2D eigenvalue weighted by Gasteiger charge is -1.99. The van der Waals surface area contributed by atoms with E-state index in [1.165, 1.54) is 6.42 Å². The number of nitrogens with zero attached hydrogens (tertiary/aromatic N) is 2. The molecule has 0 spiro atoms. The summed E-state index contributed by atoms with van der Waals surface area (Å²) in [5.74, 6) is 0. The van der Waals surface area contributed by atoms with Crippen LogP contribution < -0.4 is 0 Å². The Hall–Kier alpha value is -0.500. The van der Waals surface area contributed by atoms with Gasteiger partial charge in [0, 0.05) is 6.54 Å². The minimum Gasteiger partial charge on any atom is -0.254 e. The average molecular weight is 173 g/mol. The highest BCUT2D eigenvalue weighted by molar-refractivity contribution is 6.29. The van der Waals surface area contributed by atoms with Crippen molar-refractivity contribution in [1.29, 1.82) is 0 Å². The molecule has 0 aliphatic rings. The Morgan fingerprint density at radius 1 is 1.64 bits per heavy atom. The van der Waals surface area contributed by atoms with Gasteiger partial charge in [-0.15, -0.1) is 0 Å². The number of aromatic nitrogens is 2. The molecule has 3 heteroatoms. The molecule has 0 saturated heterocycles. The van der Waals surface area contributed by atoms with E-state index in [9.17, 15) is 0 Å². The predicted molar refractivity (Wildman–Crippen MR) is 46.9 cm³/mol. The van der Waals surface area contributed by atoms with Crippen LogP contribution in [-0.2, 0) is 6.54 Å². The first-order valence-electron chi connectivity index (χ1n) is 3.94. The second kappa shape index (κ2) is 3.77. The minimum atomic E-state index is 0.746. The maximum absolute atomic E-state index is 5.88. The van der Waals surface area contributed by atoms with Crippen LogP contribution in [0.25, 0.3) is 0 Å². The molecule has 62 valence electrons. The van der Waals surface area contributed by atoms with Crippen LogP contribution in [0.3, 0.4) is 0 Å². The van der Waals surface area contributed by atoms with Gasteiger partial charge in [-0.05, 0) is 19.4 Å². The zero-order valence-electron chi connectivity index (χ0n) is 6.97. The summed E-state index contributed by atoms with van der Waals surface area (Å²) in [7, 11) is 0.